The highest BCUT2D eigenvalue weighted by Gasteiger charge is 2.43. The molecule has 0 aliphatic carbocycles. The molecule has 1 aromatic carbocycles. The van der Waals surface area contributed by atoms with Crippen LogP contribution in [0.2, 0.25) is 0 Å². The Bertz CT molecular complexity index is 716. The first-order valence-corrected chi connectivity index (χ1v) is 11.8. The SMILES string of the molecule is CCOC(=O)C1(CCCc2ccccc2)CCN(C(=O)CC2CN(C)CCN2C)CC1. The third-order valence-corrected chi connectivity index (χ3v) is 7.14. The second kappa shape index (κ2) is 11.1. The number of likely N-dealkylation sites (N-methyl/N-ethyl adjacent to an activating group) is 2. The predicted octanol–water partition coefficient (Wildman–Crippen LogP) is 2.82. The lowest BCUT2D eigenvalue weighted by Crippen LogP contribution is -2.53. The minimum Gasteiger partial charge on any atom is -0.466 e. The van der Waals surface area contributed by atoms with Gasteiger partial charge in [-0.05, 0) is 58.7 Å². The van der Waals surface area contributed by atoms with Crippen molar-refractivity contribution in [2.24, 2.45) is 5.41 Å². The average molecular weight is 430 g/mol. The maximum Gasteiger partial charge on any atom is 0.312 e. The fourth-order valence-electron chi connectivity index (χ4n) is 4.95. The van der Waals surface area contributed by atoms with Gasteiger partial charge >= 0.3 is 5.97 Å². The number of esters is 1. The van der Waals surface area contributed by atoms with Crippen LogP contribution >= 0.6 is 0 Å². The number of piperazine rings is 1. The van der Waals surface area contributed by atoms with Crippen molar-refractivity contribution in [2.45, 2.75) is 51.5 Å². The minimum atomic E-state index is -0.455. The third kappa shape index (κ3) is 6.30. The van der Waals surface area contributed by atoms with Crippen molar-refractivity contribution in [1.29, 1.82) is 0 Å². The normalized spacial score (nSPS) is 22.3. The predicted molar refractivity (Wildman–Crippen MR) is 123 cm³/mol. The molecule has 2 aliphatic heterocycles. The average Bonchev–Trinajstić information content (AvgIpc) is 2.77. The van der Waals surface area contributed by atoms with Crippen molar-refractivity contribution < 1.29 is 14.3 Å². The van der Waals surface area contributed by atoms with E-state index in [0.717, 1.165) is 38.9 Å². The van der Waals surface area contributed by atoms with E-state index in [4.69, 9.17) is 4.74 Å². The minimum absolute atomic E-state index is 0.0798. The van der Waals surface area contributed by atoms with E-state index < -0.39 is 5.41 Å². The van der Waals surface area contributed by atoms with Crippen molar-refractivity contribution in [2.75, 3.05) is 53.4 Å². The molecule has 0 spiro atoms. The topological polar surface area (TPSA) is 53.1 Å². The Morgan fingerprint density at radius 2 is 1.77 bits per heavy atom. The molecule has 0 radical (unpaired) electrons. The zero-order valence-electron chi connectivity index (χ0n) is 19.5. The monoisotopic (exact) mass is 429 g/mol. The van der Waals surface area contributed by atoms with Crippen molar-refractivity contribution in [1.82, 2.24) is 14.7 Å². The molecule has 2 fully saturated rings. The first-order chi connectivity index (χ1) is 14.9. The largest absolute Gasteiger partial charge is 0.466 e. The molecule has 2 heterocycles. The van der Waals surface area contributed by atoms with Crippen LogP contribution in [0.15, 0.2) is 30.3 Å². The Kier molecular flexibility index (Phi) is 8.50. The van der Waals surface area contributed by atoms with Gasteiger partial charge in [-0.3, -0.25) is 9.59 Å². The van der Waals surface area contributed by atoms with E-state index in [9.17, 15) is 9.59 Å². The molecule has 0 bridgehead atoms. The highest BCUT2D eigenvalue weighted by Crippen LogP contribution is 2.38. The van der Waals surface area contributed by atoms with Crippen LogP contribution in [0.1, 0.15) is 44.6 Å². The summed E-state index contributed by atoms with van der Waals surface area (Å²) < 4.78 is 5.48. The number of hydrogen-bond donors (Lipinski definition) is 0. The van der Waals surface area contributed by atoms with Gasteiger partial charge in [0.15, 0.2) is 0 Å². The fraction of sp³-hybridized carbons (Fsp3) is 0.680. The van der Waals surface area contributed by atoms with Crippen molar-refractivity contribution in [3.05, 3.63) is 35.9 Å². The van der Waals surface area contributed by atoms with Gasteiger partial charge in [0, 0.05) is 45.2 Å². The number of carbonyl (C=O) groups is 2. The number of rotatable bonds is 8. The standard InChI is InChI=1S/C25H39N3O3/c1-4-31-24(30)25(12-8-11-21-9-6-5-7-10-21)13-15-28(16-14-25)23(29)19-22-20-26(2)17-18-27(22)3/h5-7,9-10,22H,4,8,11-20H2,1-3H3. The second-order valence-electron chi connectivity index (χ2n) is 9.32. The van der Waals surface area contributed by atoms with E-state index in [2.05, 4.69) is 48.2 Å². The number of aryl methyl sites for hydroxylation is 1. The number of ether oxygens (including phenoxy) is 1. The zero-order chi connectivity index (χ0) is 22.3. The van der Waals surface area contributed by atoms with Crippen LogP contribution in [0.3, 0.4) is 0 Å². The summed E-state index contributed by atoms with van der Waals surface area (Å²) >= 11 is 0. The molecule has 1 amide bonds. The number of piperidine rings is 1. The first-order valence-electron chi connectivity index (χ1n) is 11.8. The molecule has 1 unspecified atom stereocenters. The van der Waals surface area contributed by atoms with Gasteiger partial charge in [0.1, 0.15) is 0 Å². The maximum atomic E-state index is 13.0. The molecule has 2 saturated heterocycles. The van der Waals surface area contributed by atoms with E-state index in [-0.39, 0.29) is 17.9 Å². The van der Waals surface area contributed by atoms with E-state index >= 15 is 0 Å². The quantitative estimate of drug-likeness (QED) is 0.595. The molecule has 1 atom stereocenters. The number of benzene rings is 1. The summed E-state index contributed by atoms with van der Waals surface area (Å²) in [5.74, 6) is 0.137. The van der Waals surface area contributed by atoms with Crippen molar-refractivity contribution in [3.63, 3.8) is 0 Å². The van der Waals surface area contributed by atoms with E-state index in [1.807, 2.05) is 17.9 Å². The molecule has 6 heteroatoms. The van der Waals surface area contributed by atoms with Gasteiger partial charge in [0.05, 0.1) is 12.0 Å². The van der Waals surface area contributed by atoms with E-state index in [1.165, 1.54) is 5.56 Å². The van der Waals surface area contributed by atoms with Crippen molar-refractivity contribution >= 4 is 11.9 Å². The van der Waals surface area contributed by atoms with Gasteiger partial charge in [0.25, 0.3) is 0 Å². The van der Waals surface area contributed by atoms with Gasteiger partial charge in [-0.25, -0.2) is 0 Å². The van der Waals surface area contributed by atoms with Crippen LogP contribution in [0, 0.1) is 5.41 Å². The second-order valence-corrected chi connectivity index (χ2v) is 9.32. The number of likely N-dealkylation sites (tertiary alicyclic amines) is 1. The number of nitrogens with zero attached hydrogens (tertiary/aromatic N) is 3. The molecule has 31 heavy (non-hydrogen) atoms. The maximum absolute atomic E-state index is 13.0. The van der Waals surface area contributed by atoms with Crippen molar-refractivity contribution in [3.8, 4) is 0 Å². The van der Waals surface area contributed by atoms with E-state index in [0.29, 0.717) is 39.0 Å². The van der Waals surface area contributed by atoms with Crippen LogP contribution in [0.25, 0.3) is 0 Å². The van der Waals surface area contributed by atoms with E-state index in [1.54, 1.807) is 0 Å². The lowest BCUT2D eigenvalue weighted by Gasteiger charge is -2.42. The van der Waals surface area contributed by atoms with Crippen LogP contribution in [0.5, 0.6) is 0 Å². The third-order valence-electron chi connectivity index (χ3n) is 7.14. The van der Waals surface area contributed by atoms with Crippen LogP contribution in [-0.2, 0) is 20.7 Å². The lowest BCUT2D eigenvalue weighted by molar-refractivity contribution is -0.161. The number of hydrogen-bond acceptors (Lipinski definition) is 5. The summed E-state index contributed by atoms with van der Waals surface area (Å²) in [6.45, 7) is 6.56. The molecular formula is C25H39N3O3. The fourth-order valence-corrected chi connectivity index (χ4v) is 4.95. The van der Waals surface area contributed by atoms with Gasteiger partial charge in [0.2, 0.25) is 5.91 Å². The number of carbonyl (C=O) groups excluding carboxylic acids is 2. The summed E-state index contributed by atoms with van der Waals surface area (Å²) in [6.07, 6.45) is 4.70. The van der Waals surface area contributed by atoms with Crippen LogP contribution in [0.4, 0.5) is 0 Å². The number of amides is 1. The van der Waals surface area contributed by atoms with Gasteiger partial charge < -0.3 is 19.4 Å². The molecule has 0 saturated carbocycles. The highest BCUT2D eigenvalue weighted by molar-refractivity contribution is 5.79. The Hall–Kier alpha value is -1.92. The molecular weight excluding hydrogens is 390 g/mol. The lowest BCUT2D eigenvalue weighted by atomic mass is 9.74. The highest BCUT2D eigenvalue weighted by atomic mass is 16.5. The molecule has 2 aliphatic rings. The van der Waals surface area contributed by atoms with Gasteiger partial charge in [-0.15, -0.1) is 0 Å². The van der Waals surface area contributed by atoms with Crippen LogP contribution in [-0.4, -0.2) is 86.0 Å². The Balaban J connectivity index is 1.55. The Morgan fingerprint density at radius 3 is 2.45 bits per heavy atom. The van der Waals surface area contributed by atoms with Gasteiger partial charge in [-0.2, -0.15) is 0 Å². The smallest absolute Gasteiger partial charge is 0.312 e. The molecule has 0 aromatic heterocycles. The zero-order valence-corrected chi connectivity index (χ0v) is 19.5. The molecule has 3 rings (SSSR count). The summed E-state index contributed by atoms with van der Waals surface area (Å²) in [4.78, 5) is 32.5. The molecule has 0 N–H and O–H groups in total. The molecule has 172 valence electrons. The Labute approximate surface area is 187 Å². The summed E-state index contributed by atoms with van der Waals surface area (Å²) in [7, 11) is 4.23. The first kappa shape index (κ1) is 23.7. The summed E-state index contributed by atoms with van der Waals surface area (Å²) in [5.41, 5.74) is 0.847. The molecule has 1 aromatic rings. The summed E-state index contributed by atoms with van der Waals surface area (Å²) in [5, 5.41) is 0. The summed E-state index contributed by atoms with van der Waals surface area (Å²) in [6, 6.07) is 10.7. The Morgan fingerprint density at radius 1 is 1.06 bits per heavy atom. The molecule has 6 nitrogen and oxygen atoms in total. The van der Waals surface area contributed by atoms with Gasteiger partial charge in [-0.1, -0.05) is 30.3 Å². The van der Waals surface area contributed by atoms with Crippen LogP contribution < -0.4 is 0 Å².